The highest BCUT2D eigenvalue weighted by Gasteiger charge is 2.40. The molecular weight excluding hydrogens is 618 g/mol. The molecule has 18 heteroatoms. The number of carboxylic acid groups (broad SMARTS) is 2. The number of nitrogens with one attached hydrogen (secondary N) is 1. The number of hydrogen-bond acceptors (Lipinski definition) is 8. The van der Waals surface area contributed by atoms with E-state index in [4.69, 9.17) is 24.5 Å². The molecular formula is C27H28F6N6O6. The van der Waals surface area contributed by atoms with Crippen LogP contribution in [0.2, 0.25) is 0 Å². The quantitative estimate of drug-likeness (QED) is 0.348. The number of aryl methyl sites for hydroxylation is 1. The molecule has 0 saturated carbocycles. The van der Waals surface area contributed by atoms with Crippen molar-refractivity contribution in [3.05, 3.63) is 65.5 Å². The molecule has 45 heavy (non-hydrogen) atoms. The molecule has 12 nitrogen and oxygen atoms in total. The van der Waals surface area contributed by atoms with Crippen molar-refractivity contribution in [1.29, 1.82) is 0 Å². The number of hydrogen-bond donors (Lipinski definition) is 3. The number of halogens is 6. The molecule has 3 N–H and O–H groups in total. The van der Waals surface area contributed by atoms with Crippen LogP contribution in [0.5, 0.6) is 5.75 Å². The maximum Gasteiger partial charge on any atom is 0.490 e. The summed E-state index contributed by atoms with van der Waals surface area (Å²) in [5, 5.41) is 25.7. The first kappa shape index (κ1) is 34.7. The topological polar surface area (TPSA) is 160 Å². The minimum absolute atomic E-state index is 0.235. The van der Waals surface area contributed by atoms with E-state index in [9.17, 15) is 31.1 Å². The molecule has 2 aromatic heterocycles. The number of anilines is 1. The fraction of sp³-hybridized carbons (Fsp3) is 0.407. The van der Waals surface area contributed by atoms with Gasteiger partial charge in [0, 0.05) is 44.0 Å². The number of amides is 1. The van der Waals surface area contributed by atoms with Crippen LogP contribution in [0.25, 0.3) is 0 Å². The summed E-state index contributed by atoms with van der Waals surface area (Å²) in [7, 11) is 1.62. The summed E-state index contributed by atoms with van der Waals surface area (Å²) in [5.74, 6) is -2.70. The maximum absolute atomic E-state index is 12.8. The number of methoxy groups -OCH3 is 1. The van der Waals surface area contributed by atoms with Gasteiger partial charge in [-0.3, -0.25) is 14.7 Å². The van der Waals surface area contributed by atoms with Gasteiger partial charge in [0.1, 0.15) is 11.6 Å². The van der Waals surface area contributed by atoms with E-state index < -0.39 is 24.3 Å². The van der Waals surface area contributed by atoms with Crippen LogP contribution in [-0.4, -0.2) is 85.3 Å². The Labute approximate surface area is 251 Å². The molecule has 4 heterocycles. The van der Waals surface area contributed by atoms with Crippen LogP contribution in [0.3, 0.4) is 0 Å². The zero-order chi connectivity index (χ0) is 33.5. The van der Waals surface area contributed by atoms with Gasteiger partial charge in [0.25, 0.3) is 5.91 Å². The monoisotopic (exact) mass is 646 g/mol. The summed E-state index contributed by atoms with van der Waals surface area (Å²) in [6, 6.07) is 13.4. The number of aliphatic carboxylic acids is 2. The summed E-state index contributed by atoms with van der Waals surface area (Å²) >= 11 is 0. The molecule has 1 amide bonds. The largest absolute Gasteiger partial charge is 0.497 e. The van der Waals surface area contributed by atoms with Crippen LogP contribution >= 0.6 is 0 Å². The molecule has 3 aromatic rings. The Kier molecular flexibility index (Phi) is 11.1. The number of carbonyl (C=O) groups excluding carboxylic acids is 1. The first-order valence-electron chi connectivity index (χ1n) is 13.1. The van der Waals surface area contributed by atoms with Gasteiger partial charge in [0.05, 0.1) is 12.8 Å². The number of pyridine rings is 1. The highest BCUT2D eigenvalue weighted by molar-refractivity contribution is 6.01. The number of benzene rings is 1. The van der Waals surface area contributed by atoms with Crippen LogP contribution in [-0.2, 0) is 29.1 Å². The molecule has 2 unspecified atom stereocenters. The fourth-order valence-electron chi connectivity index (χ4n) is 4.70. The van der Waals surface area contributed by atoms with Gasteiger partial charge in [-0.15, -0.1) is 10.2 Å². The van der Waals surface area contributed by atoms with Gasteiger partial charge in [0.15, 0.2) is 0 Å². The SMILES string of the molecule is COc1ccc(NC(=O)c2nnc3n2CC2CN(Cc4cccc(C)n4)CC2C3)cc1.O=C(O)C(F)(F)F.O=C(O)C(F)(F)F. The number of ether oxygens (including phenoxy) is 1. The molecule has 1 saturated heterocycles. The van der Waals surface area contributed by atoms with E-state index in [1.807, 2.05) is 41.8 Å². The minimum atomic E-state index is -5.08. The Morgan fingerprint density at radius 3 is 2.02 bits per heavy atom. The van der Waals surface area contributed by atoms with E-state index >= 15 is 0 Å². The number of nitrogens with zero attached hydrogens (tertiary/aromatic N) is 5. The molecule has 1 fully saturated rings. The second kappa shape index (κ2) is 14.4. The molecule has 0 bridgehead atoms. The van der Waals surface area contributed by atoms with Gasteiger partial charge in [-0.2, -0.15) is 26.3 Å². The molecule has 0 aliphatic carbocycles. The number of carbonyl (C=O) groups is 3. The molecule has 2 aliphatic heterocycles. The molecule has 244 valence electrons. The summed E-state index contributed by atoms with van der Waals surface area (Å²) in [6.07, 6.45) is -9.31. The molecule has 0 spiro atoms. The second-order valence-electron chi connectivity index (χ2n) is 10.0. The zero-order valence-corrected chi connectivity index (χ0v) is 23.8. The number of aromatic nitrogens is 4. The van der Waals surface area contributed by atoms with E-state index in [0.717, 1.165) is 55.6 Å². The van der Waals surface area contributed by atoms with E-state index in [-0.39, 0.29) is 5.91 Å². The molecule has 0 radical (unpaired) electrons. The number of alkyl halides is 6. The van der Waals surface area contributed by atoms with Gasteiger partial charge >= 0.3 is 24.3 Å². The lowest BCUT2D eigenvalue weighted by Crippen LogP contribution is -2.31. The van der Waals surface area contributed by atoms with Gasteiger partial charge in [0.2, 0.25) is 5.82 Å². The molecule has 2 aliphatic rings. The van der Waals surface area contributed by atoms with E-state index in [1.54, 1.807) is 7.11 Å². The third-order valence-electron chi connectivity index (χ3n) is 6.71. The summed E-state index contributed by atoms with van der Waals surface area (Å²) in [5.41, 5.74) is 2.86. The maximum atomic E-state index is 12.8. The summed E-state index contributed by atoms with van der Waals surface area (Å²) < 4.78 is 70.6. The van der Waals surface area contributed by atoms with Crippen molar-refractivity contribution in [2.75, 3.05) is 25.5 Å². The van der Waals surface area contributed by atoms with Gasteiger partial charge < -0.3 is 24.8 Å². The Bertz CT molecular complexity index is 1470. The van der Waals surface area contributed by atoms with E-state index in [0.29, 0.717) is 23.3 Å². The smallest absolute Gasteiger partial charge is 0.490 e. The lowest BCUT2D eigenvalue weighted by molar-refractivity contribution is -0.193. The minimum Gasteiger partial charge on any atom is -0.497 e. The lowest BCUT2D eigenvalue weighted by atomic mass is 9.89. The molecule has 2 atom stereocenters. The van der Waals surface area contributed by atoms with Crippen molar-refractivity contribution in [3.63, 3.8) is 0 Å². The first-order valence-corrected chi connectivity index (χ1v) is 13.1. The van der Waals surface area contributed by atoms with Crippen LogP contribution < -0.4 is 10.1 Å². The van der Waals surface area contributed by atoms with Crippen molar-refractivity contribution in [2.24, 2.45) is 11.8 Å². The Balaban J connectivity index is 0.000000331. The highest BCUT2D eigenvalue weighted by atomic mass is 19.4. The predicted molar refractivity (Wildman–Crippen MR) is 143 cm³/mol. The molecule has 5 rings (SSSR count). The van der Waals surface area contributed by atoms with Crippen molar-refractivity contribution >= 4 is 23.5 Å². The van der Waals surface area contributed by atoms with Crippen LogP contribution in [0.1, 0.15) is 27.8 Å². The fourth-order valence-corrected chi connectivity index (χ4v) is 4.70. The lowest BCUT2D eigenvalue weighted by Gasteiger charge is -2.25. The molecule has 1 aromatic carbocycles. The number of likely N-dealkylation sites (tertiary alicyclic amines) is 1. The van der Waals surface area contributed by atoms with Crippen LogP contribution in [0.15, 0.2) is 42.5 Å². The van der Waals surface area contributed by atoms with Crippen molar-refractivity contribution in [1.82, 2.24) is 24.6 Å². The standard InChI is InChI=1S/C23H26N6O2.2C2HF3O2/c1-15-4-3-5-19(24-15)14-28-11-16-10-21-26-27-22(29(21)13-17(16)12-28)23(30)25-18-6-8-20(31-2)9-7-18;2*3-2(4,5)1(6)7/h3-9,16-17H,10-14H2,1-2H3,(H,25,30);2*(H,6,7). The number of rotatable bonds is 5. The van der Waals surface area contributed by atoms with Gasteiger partial charge in [-0.05, 0) is 55.2 Å². The Morgan fingerprint density at radius 1 is 0.911 bits per heavy atom. The predicted octanol–water partition coefficient (Wildman–Crippen LogP) is 3.81. The van der Waals surface area contributed by atoms with Gasteiger partial charge in [-0.25, -0.2) is 9.59 Å². The highest BCUT2D eigenvalue weighted by Crippen LogP contribution is 2.33. The third kappa shape index (κ3) is 9.88. The average Bonchev–Trinajstić information content (AvgIpc) is 3.54. The van der Waals surface area contributed by atoms with E-state index in [1.165, 1.54) is 0 Å². The van der Waals surface area contributed by atoms with Crippen molar-refractivity contribution in [3.8, 4) is 5.75 Å². The van der Waals surface area contributed by atoms with Crippen molar-refractivity contribution in [2.45, 2.75) is 38.8 Å². The van der Waals surface area contributed by atoms with Crippen molar-refractivity contribution < 1.29 is 55.7 Å². The van der Waals surface area contributed by atoms with Crippen LogP contribution in [0, 0.1) is 18.8 Å². The average molecular weight is 647 g/mol. The number of fused-ring (bicyclic) bond motifs is 2. The number of carboxylic acids is 2. The summed E-state index contributed by atoms with van der Waals surface area (Å²) in [4.78, 5) is 37.7. The Hall–Kier alpha value is -4.74. The second-order valence-corrected chi connectivity index (χ2v) is 10.0. The Morgan fingerprint density at radius 2 is 1.49 bits per heavy atom. The summed E-state index contributed by atoms with van der Waals surface area (Å²) in [6.45, 7) is 5.69. The van der Waals surface area contributed by atoms with Crippen LogP contribution in [0.4, 0.5) is 32.0 Å². The van der Waals surface area contributed by atoms with Gasteiger partial charge in [-0.1, -0.05) is 6.07 Å². The third-order valence-corrected chi connectivity index (χ3v) is 6.71. The first-order chi connectivity index (χ1) is 21.0. The normalized spacial score (nSPS) is 17.4. The zero-order valence-electron chi connectivity index (χ0n) is 23.8. The van der Waals surface area contributed by atoms with E-state index in [2.05, 4.69) is 37.5 Å².